The van der Waals surface area contributed by atoms with Crippen molar-refractivity contribution in [2.24, 2.45) is 0 Å². The second-order valence-corrected chi connectivity index (χ2v) is 3.93. The van der Waals surface area contributed by atoms with Crippen molar-refractivity contribution in [3.8, 4) is 0 Å². The zero-order chi connectivity index (χ0) is 12.5. The van der Waals surface area contributed by atoms with Gasteiger partial charge in [0.15, 0.2) is 0 Å². The molecule has 0 aliphatic heterocycles. The molecule has 0 saturated heterocycles. The average molecular weight is 264 g/mol. The van der Waals surface area contributed by atoms with Gasteiger partial charge >= 0.3 is 6.18 Å². The lowest BCUT2D eigenvalue weighted by atomic mass is 10.3. The Balaban J connectivity index is 1.98. The molecule has 0 saturated carbocycles. The van der Waals surface area contributed by atoms with Crippen LogP contribution in [0.1, 0.15) is 17.3 Å². The van der Waals surface area contributed by atoms with Gasteiger partial charge in [-0.1, -0.05) is 5.16 Å². The van der Waals surface area contributed by atoms with E-state index in [-0.39, 0.29) is 12.2 Å². The van der Waals surface area contributed by atoms with Crippen LogP contribution in [0.4, 0.5) is 18.3 Å². The van der Waals surface area contributed by atoms with Gasteiger partial charge in [-0.2, -0.15) is 17.5 Å². The molecule has 2 aromatic heterocycles. The van der Waals surface area contributed by atoms with Gasteiger partial charge in [-0.05, 0) is 6.92 Å². The third-order valence-electron chi connectivity index (χ3n) is 1.79. The molecule has 0 bridgehead atoms. The van der Waals surface area contributed by atoms with Crippen LogP contribution in [0.5, 0.6) is 0 Å². The quantitative estimate of drug-likeness (QED) is 0.922. The van der Waals surface area contributed by atoms with Gasteiger partial charge in [0.25, 0.3) is 0 Å². The first-order valence-corrected chi connectivity index (χ1v) is 5.29. The van der Waals surface area contributed by atoms with E-state index in [1.807, 2.05) is 0 Å². The summed E-state index contributed by atoms with van der Waals surface area (Å²) in [5.74, 6) is -0.503. The minimum absolute atomic E-state index is 0.105. The van der Waals surface area contributed by atoms with E-state index in [1.165, 1.54) is 0 Å². The zero-order valence-electron chi connectivity index (χ0n) is 8.58. The minimum atomic E-state index is -4.51. The maximum absolute atomic E-state index is 12.2. The maximum Gasteiger partial charge on any atom is 0.452 e. The Bertz CT molecular complexity index is 507. The van der Waals surface area contributed by atoms with Crippen LogP contribution in [0.15, 0.2) is 10.6 Å². The van der Waals surface area contributed by atoms with Crippen LogP contribution in [0.25, 0.3) is 0 Å². The molecular weight excluding hydrogens is 257 g/mol. The summed E-state index contributed by atoms with van der Waals surface area (Å²) in [6.07, 6.45) is -4.51. The summed E-state index contributed by atoms with van der Waals surface area (Å²) >= 11 is 1.13. The number of hydrogen-bond acceptors (Lipinski definition) is 6. The second kappa shape index (κ2) is 4.32. The van der Waals surface area contributed by atoms with E-state index in [9.17, 15) is 13.2 Å². The number of anilines is 1. The molecule has 0 unspecified atom stereocenters. The van der Waals surface area contributed by atoms with Crippen molar-refractivity contribution in [1.29, 1.82) is 0 Å². The topological polar surface area (TPSA) is 63.8 Å². The Morgan fingerprint density at radius 1 is 1.47 bits per heavy atom. The Hall–Kier alpha value is -1.64. The van der Waals surface area contributed by atoms with Gasteiger partial charge in [0.1, 0.15) is 11.5 Å². The lowest BCUT2D eigenvalue weighted by molar-refractivity contribution is -0.155. The van der Waals surface area contributed by atoms with Crippen LogP contribution >= 0.6 is 11.5 Å². The van der Waals surface area contributed by atoms with Gasteiger partial charge in [-0.25, -0.2) is 4.98 Å². The van der Waals surface area contributed by atoms with E-state index in [0.717, 1.165) is 17.6 Å². The van der Waals surface area contributed by atoms with Crippen molar-refractivity contribution in [2.45, 2.75) is 19.6 Å². The van der Waals surface area contributed by atoms with Crippen LogP contribution in [0, 0.1) is 6.92 Å². The van der Waals surface area contributed by atoms with E-state index in [1.54, 1.807) is 6.92 Å². The number of rotatable bonds is 3. The summed E-state index contributed by atoms with van der Waals surface area (Å²) in [5.41, 5.74) is 0.158. The summed E-state index contributed by atoms with van der Waals surface area (Å²) < 4.78 is 44.7. The zero-order valence-corrected chi connectivity index (χ0v) is 9.39. The van der Waals surface area contributed by atoms with Crippen molar-refractivity contribution >= 4 is 16.7 Å². The van der Waals surface area contributed by atoms with Gasteiger partial charge in [-0.15, -0.1) is 0 Å². The highest BCUT2D eigenvalue weighted by Gasteiger charge is 2.35. The monoisotopic (exact) mass is 264 g/mol. The highest BCUT2D eigenvalue weighted by atomic mass is 32.1. The molecule has 17 heavy (non-hydrogen) atoms. The number of alkyl halides is 3. The standard InChI is InChI=1S/C8H7F3N4OS/c1-4-13-7(17-15-4)12-3-5-2-6(16-14-5)8(9,10)11/h2H,3H2,1H3,(H,12,13,15). The van der Waals surface area contributed by atoms with Gasteiger partial charge < -0.3 is 9.84 Å². The van der Waals surface area contributed by atoms with E-state index in [0.29, 0.717) is 11.0 Å². The first-order valence-electron chi connectivity index (χ1n) is 4.52. The van der Waals surface area contributed by atoms with Gasteiger partial charge in [-0.3, -0.25) is 0 Å². The van der Waals surface area contributed by atoms with Crippen LogP contribution in [-0.4, -0.2) is 14.5 Å². The van der Waals surface area contributed by atoms with E-state index >= 15 is 0 Å². The first-order chi connectivity index (χ1) is 7.95. The van der Waals surface area contributed by atoms with Gasteiger partial charge in [0.2, 0.25) is 10.9 Å². The SMILES string of the molecule is Cc1nsc(NCc2cc(C(F)(F)F)on2)n1. The van der Waals surface area contributed by atoms with Crippen LogP contribution in [0.2, 0.25) is 0 Å². The molecule has 2 heterocycles. The van der Waals surface area contributed by atoms with Gasteiger partial charge in [0, 0.05) is 17.6 Å². The lowest BCUT2D eigenvalue weighted by Gasteiger charge is -1.97. The molecule has 0 amide bonds. The summed E-state index contributed by atoms with van der Waals surface area (Å²) in [6, 6.07) is 0.848. The predicted molar refractivity (Wildman–Crippen MR) is 53.5 cm³/mol. The number of nitrogens with one attached hydrogen (secondary N) is 1. The molecular formula is C8H7F3N4OS. The number of halogens is 3. The van der Waals surface area contributed by atoms with Crippen molar-refractivity contribution in [3.63, 3.8) is 0 Å². The molecule has 0 aromatic carbocycles. The molecule has 9 heteroatoms. The molecule has 0 radical (unpaired) electrons. The molecule has 0 spiro atoms. The smallest absolute Gasteiger partial charge is 0.354 e. The highest BCUT2D eigenvalue weighted by molar-refractivity contribution is 7.09. The van der Waals surface area contributed by atoms with Crippen LogP contribution in [0.3, 0.4) is 0 Å². The molecule has 1 N–H and O–H groups in total. The van der Waals surface area contributed by atoms with E-state index in [4.69, 9.17) is 0 Å². The Labute approximate surface area is 97.8 Å². The molecule has 92 valence electrons. The van der Waals surface area contributed by atoms with Crippen LogP contribution < -0.4 is 5.32 Å². The maximum atomic E-state index is 12.2. The average Bonchev–Trinajstić information content (AvgIpc) is 2.82. The number of nitrogens with zero attached hydrogens (tertiary/aromatic N) is 3. The Morgan fingerprint density at radius 3 is 2.76 bits per heavy atom. The first kappa shape index (κ1) is 11.8. The number of aryl methyl sites for hydroxylation is 1. The summed E-state index contributed by atoms with van der Waals surface area (Å²) in [5, 5.41) is 6.63. The third-order valence-corrected chi connectivity index (χ3v) is 2.55. The lowest BCUT2D eigenvalue weighted by Crippen LogP contribution is -2.02. The third kappa shape index (κ3) is 2.93. The summed E-state index contributed by atoms with van der Waals surface area (Å²) in [7, 11) is 0. The number of hydrogen-bond donors (Lipinski definition) is 1. The van der Waals surface area contributed by atoms with Gasteiger partial charge in [0.05, 0.1) is 6.54 Å². The van der Waals surface area contributed by atoms with Crippen molar-refractivity contribution < 1.29 is 17.7 Å². The van der Waals surface area contributed by atoms with Crippen LogP contribution in [-0.2, 0) is 12.7 Å². The molecule has 0 fully saturated rings. The van der Waals surface area contributed by atoms with E-state index in [2.05, 4.69) is 24.4 Å². The minimum Gasteiger partial charge on any atom is -0.354 e. The molecule has 2 rings (SSSR count). The summed E-state index contributed by atoms with van der Waals surface area (Å²) in [4.78, 5) is 4.00. The van der Waals surface area contributed by atoms with Crippen molar-refractivity contribution in [3.05, 3.63) is 23.3 Å². The fourth-order valence-corrected chi connectivity index (χ4v) is 1.63. The largest absolute Gasteiger partial charge is 0.452 e. The molecule has 0 atom stereocenters. The Morgan fingerprint density at radius 2 is 2.24 bits per heavy atom. The Kier molecular flexibility index (Phi) is 3.01. The molecule has 2 aromatic rings. The molecule has 0 aliphatic rings. The molecule has 0 aliphatic carbocycles. The normalized spacial score (nSPS) is 11.8. The van der Waals surface area contributed by atoms with Crippen molar-refractivity contribution in [2.75, 3.05) is 5.32 Å². The van der Waals surface area contributed by atoms with Crippen molar-refractivity contribution in [1.82, 2.24) is 14.5 Å². The molecule has 5 nitrogen and oxygen atoms in total. The second-order valence-electron chi connectivity index (χ2n) is 3.18. The highest BCUT2D eigenvalue weighted by Crippen LogP contribution is 2.29. The van der Waals surface area contributed by atoms with E-state index < -0.39 is 11.9 Å². The summed E-state index contributed by atoms with van der Waals surface area (Å²) in [6.45, 7) is 1.83. The predicted octanol–water partition coefficient (Wildman–Crippen LogP) is 2.47. The number of aromatic nitrogens is 3. The fourth-order valence-electron chi connectivity index (χ4n) is 1.06. The fraction of sp³-hybridized carbons (Fsp3) is 0.375.